The molecule has 3 nitrogen and oxygen atoms in total. The van der Waals surface area contributed by atoms with Gasteiger partial charge in [0, 0.05) is 12.6 Å². The summed E-state index contributed by atoms with van der Waals surface area (Å²) >= 11 is 0. The smallest absolute Gasteiger partial charge is 0.0991 e. The minimum absolute atomic E-state index is 0. The molecule has 1 N–H and O–H groups in total. The largest absolute Gasteiger partial charge is 0.370 e. The maximum Gasteiger partial charge on any atom is 0.0991 e. The molecule has 0 amide bonds. The molecule has 0 saturated carbocycles. The van der Waals surface area contributed by atoms with E-state index in [1.54, 1.807) is 0 Å². The van der Waals surface area contributed by atoms with E-state index in [0.29, 0.717) is 12.1 Å². The van der Waals surface area contributed by atoms with Crippen LogP contribution < -0.4 is 5.43 Å². The SMILES string of the molecule is CC(Cc1ccccc1)NN1CCOC(c2ccccc2)C1C.Cl. The summed E-state index contributed by atoms with van der Waals surface area (Å²) in [6.45, 7) is 6.16. The Labute approximate surface area is 151 Å². The van der Waals surface area contributed by atoms with Crippen molar-refractivity contribution in [2.45, 2.75) is 38.5 Å². The third kappa shape index (κ3) is 4.81. The topological polar surface area (TPSA) is 24.5 Å². The van der Waals surface area contributed by atoms with Crippen LogP contribution in [0.25, 0.3) is 0 Å². The molecule has 0 aromatic heterocycles. The summed E-state index contributed by atoms with van der Waals surface area (Å²) in [5, 5.41) is 2.34. The minimum Gasteiger partial charge on any atom is -0.370 e. The molecule has 1 fully saturated rings. The van der Waals surface area contributed by atoms with Gasteiger partial charge in [-0.1, -0.05) is 60.7 Å². The number of nitrogens with one attached hydrogen (secondary N) is 1. The number of halogens is 1. The lowest BCUT2D eigenvalue weighted by Crippen LogP contribution is -2.55. The number of morpholine rings is 1. The van der Waals surface area contributed by atoms with Crippen LogP contribution in [0, 0.1) is 0 Å². The number of hydrogen-bond donors (Lipinski definition) is 1. The molecule has 0 aliphatic carbocycles. The molecule has 3 atom stereocenters. The first-order valence-corrected chi connectivity index (χ1v) is 8.47. The van der Waals surface area contributed by atoms with Crippen LogP contribution in [-0.2, 0) is 11.2 Å². The van der Waals surface area contributed by atoms with Gasteiger partial charge in [-0.2, -0.15) is 0 Å². The monoisotopic (exact) mass is 346 g/mol. The first-order chi connectivity index (χ1) is 11.2. The van der Waals surface area contributed by atoms with Gasteiger partial charge in [0.05, 0.1) is 18.8 Å². The molecule has 1 aliphatic heterocycles. The van der Waals surface area contributed by atoms with Crippen molar-refractivity contribution in [1.82, 2.24) is 10.4 Å². The fourth-order valence-corrected chi connectivity index (χ4v) is 3.28. The highest BCUT2D eigenvalue weighted by Crippen LogP contribution is 2.27. The van der Waals surface area contributed by atoms with Crippen molar-refractivity contribution in [1.29, 1.82) is 0 Å². The van der Waals surface area contributed by atoms with E-state index in [-0.39, 0.29) is 18.5 Å². The van der Waals surface area contributed by atoms with Crippen molar-refractivity contribution in [3.05, 3.63) is 71.8 Å². The van der Waals surface area contributed by atoms with Gasteiger partial charge in [0.2, 0.25) is 0 Å². The first kappa shape index (κ1) is 18.9. The molecule has 130 valence electrons. The maximum atomic E-state index is 6.02. The number of hydrogen-bond acceptors (Lipinski definition) is 3. The van der Waals surface area contributed by atoms with Crippen molar-refractivity contribution in [3.8, 4) is 0 Å². The van der Waals surface area contributed by atoms with Gasteiger partial charge in [-0.3, -0.25) is 5.43 Å². The highest BCUT2D eigenvalue weighted by Gasteiger charge is 2.30. The number of rotatable bonds is 5. The number of nitrogens with zero attached hydrogens (tertiary/aromatic N) is 1. The van der Waals surface area contributed by atoms with Crippen LogP contribution in [0.4, 0.5) is 0 Å². The molecule has 0 radical (unpaired) electrons. The van der Waals surface area contributed by atoms with E-state index < -0.39 is 0 Å². The zero-order valence-electron chi connectivity index (χ0n) is 14.4. The molecule has 0 spiro atoms. The summed E-state index contributed by atoms with van der Waals surface area (Å²) in [4.78, 5) is 0. The predicted octanol–water partition coefficient (Wildman–Crippen LogP) is 4.01. The Kier molecular flexibility index (Phi) is 7.25. The molecule has 0 bridgehead atoms. The predicted molar refractivity (Wildman–Crippen MR) is 101 cm³/mol. The fourth-order valence-electron chi connectivity index (χ4n) is 3.28. The van der Waals surface area contributed by atoms with Crippen LogP contribution in [0.3, 0.4) is 0 Å². The van der Waals surface area contributed by atoms with E-state index in [4.69, 9.17) is 4.74 Å². The Morgan fingerprint density at radius 2 is 1.71 bits per heavy atom. The van der Waals surface area contributed by atoms with E-state index in [9.17, 15) is 0 Å². The van der Waals surface area contributed by atoms with Gasteiger partial charge in [-0.15, -0.1) is 12.4 Å². The summed E-state index contributed by atoms with van der Waals surface area (Å²) in [5.74, 6) is 0. The average molecular weight is 347 g/mol. The third-order valence-electron chi connectivity index (χ3n) is 4.46. The van der Waals surface area contributed by atoms with Crippen LogP contribution in [0.1, 0.15) is 31.1 Å². The summed E-state index contributed by atoms with van der Waals surface area (Å²) in [7, 11) is 0. The van der Waals surface area contributed by atoms with Gasteiger partial charge in [-0.05, 0) is 31.4 Å². The van der Waals surface area contributed by atoms with E-state index in [2.05, 4.69) is 84.9 Å². The fraction of sp³-hybridized carbons (Fsp3) is 0.400. The number of benzene rings is 2. The lowest BCUT2D eigenvalue weighted by Gasteiger charge is -2.41. The zero-order chi connectivity index (χ0) is 16.1. The Morgan fingerprint density at radius 1 is 1.08 bits per heavy atom. The van der Waals surface area contributed by atoms with Gasteiger partial charge < -0.3 is 4.74 Å². The number of ether oxygens (including phenoxy) is 1. The van der Waals surface area contributed by atoms with Crippen molar-refractivity contribution in [2.75, 3.05) is 13.2 Å². The maximum absolute atomic E-state index is 6.02. The summed E-state index contributed by atoms with van der Waals surface area (Å²) < 4.78 is 6.02. The van der Waals surface area contributed by atoms with Crippen molar-refractivity contribution >= 4 is 12.4 Å². The van der Waals surface area contributed by atoms with Crippen LogP contribution in [-0.4, -0.2) is 30.2 Å². The molecule has 2 aromatic carbocycles. The highest BCUT2D eigenvalue weighted by atomic mass is 35.5. The molecule has 24 heavy (non-hydrogen) atoms. The summed E-state index contributed by atoms with van der Waals surface area (Å²) in [6.07, 6.45) is 1.15. The summed E-state index contributed by atoms with van der Waals surface area (Å²) in [5.41, 5.74) is 6.29. The van der Waals surface area contributed by atoms with Crippen molar-refractivity contribution in [3.63, 3.8) is 0 Å². The van der Waals surface area contributed by atoms with Gasteiger partial charge in [0.1, 0.15) is 0 Å². The second-order valence-corrected chi connectivity index (χ2v) is 6.36. The first-order valence-electron chi connectivity index (χ1n) is 8.47. The molecule has 2 aromatic rings. The van der Waals surface area contributed by atoms with E-state index >= 15 is 0 Å². The van der Waals surface area contributed by atoms with Gasteiger partial charge in [0.25, 0.3) is 0 Å². The van der Waals surface area contributed by atoms with Crippen LogP contribution in [0.2, 0.25) is 0 Å². The Bertz CT molecular complexity index is 593. The molecule has 3 rings (SSSR count). The van der Waals surface area contributed by atoms with Crippen molar-refractivity contribution < 1.29 is 4.74 Å². The molecule has 1 saturated heterocycles. The van der Waals surface area contributed by atoms with E-state index in [1.807, 2.05) is 0 Å². The zero-order valence-corrected chi connectivity index (χ0v) is 15.2. The summed E-state index contributed by atoms with van der Waals surface area (Å²) in [6, 6.07) is 21.9. The Morgan fingerprint density at radius 3 is 2.38 bits per heavy atom. The molecule has 1 heterocycles. The normalized spacial score (nSPS) is 22.6. The van der Waals surface area contributed by atoms with E-state index in [0.717, 1.165) is 19.6 Å². The van der Waals surface area contributed by atoms with Gasteiger partial charge in [0.15, 0.2) is 0 Å². The van der Waals surface area contributed by atoms with Gasteiger partial charge >= 0.3 is 0 Å². The van der Waals surface area contributed by atoms with Crippen LogP contribution >= 0.6 is 12.4 Å². The second kappa shape index (κ2) is 9.19. The molecule has 1 aliphatic rings. The third-order valence-corrected chi connectivity index (χ3v) is 4.46. The molecular weight excluding hydrogens is 320 g/mol. The van der Waals surface area contributed by atoms with E-state index in [1.165, 1.54) is 11.1 Å². The number of hydrazine groups is 1. The molecular formula is C20H27ClN2O. The average Bonchev–Trinajstić information content (AvgIpc) is 2.58. The highest BCUT2D eigenvalue weighted by molar-refractivity contribution is 5.85. The quantitative estimate of drug-likeness (QED) is 0.885. The lowest BCUT2D eigenvalue weighted by atomic mass is 10.0. The van der Waals surface area contributed by atoms with Crippen LogP contribution in [0.5, 0.6) is 0 Å². The van der Waals surface area contributed by atoms with Crippen molar-refractivity contribution in [2.24, 2.45) is 0 Å². The minimum atomic E-state index is 0. The lowest BCUT2D eigenvalue weighted by molar-refractivity contribution is -0.0913. The second-order valence-electron chi connectivity index (χ2n) is 6.36. The molecule has 3 unspecified atom stereocenters. The Hall–Kier alpha value is -1.39. The standard InChI is InChI=1S/C20H26N2O.ClH/c1-16(15-18-9-5-3-6-10-18)21-22-13-14-23-20(17(22)2)19-11-7-4-8-12-19;/h3-12,16-17,20-21H,13-15H2,1-2H3;1H. The Balaban J connectivity index is 0.00000208. The van der Waals surface area contributed by atoms with Gasteiger partial charge in [-0.25, -0.2) is 5.01 Å². The molecule has 4 heteroatoms. The van der Waals surface area contributed by atoms with Crippen LogP contribution in [0.15, 0.2) is 60.7 Å².